The highest BCUT2D eigenvalue weighted by molar-refractivity contribution is 5.94. The molecule has 1 heterocycles. The van der Waals surface area contributed by atoms with Crippen LogP contribution in [0.15, 0.2) is 54.6 Å². The molecule has 0 bridgehead atoms. The third-order valence-electron chi connectivity index (χ3n) is 6.20. The van der Waals surface area contributed by atoms with Crippen molar-refractivity contribution in [1.29, 1.82) is 0 Å². The van der Waals surface area contributed by atoms with Gasteiger partial charge in [-0.15, -0.1) is 0 Å². The smallest absolute Gasteiger partial charge is 0.407 e. The highest BCUT2D eigenvalue weighted by atomic mass is 16.5. The number of ether oxygens (including phenoxy) is 1. The quantitative estimate of drug-likeness (QED) is 0.493. The molecule has 2 aromatic carbocycles. The van der Waals surface area contributed by atoms with Crippen LogP contribution in [0.1, 0.15) is 41.4 Å². The van der Waals surface area contributed by atoms with Gasteiger partial charge >= 0.3 is 12.1 Å². The number of nitrogens with zero attached hydrogens (tertiary/aromatic N) is 2. The van der Waals surface area contributed by atoms with Crippen molar-refractivity contribution in [3.63, 3.8) is 0 Å². The Bertz CT molecular complexity index is 1210. The Morgan fingerprint density at radius 1 is 1.06 bits per heavy atom. The van der Waals surface area contributed by atoms with Crippen LogP contribution in [-0.4, -0.2) is 45.5 Å². The first-order valence-corrected chi connectivity index (χ1v) is 11.0. The van der Waals surface area contributed by atoms with Crippen LogP contribution in [0.3, 0.4) is 0 Å². The topological polar surface area (TPSA) is 123 Å². The van der Waals surface area contributed by atoms with E-state index in [2.05, 4.69) is 27.9 Å². The van der Waals surface area contributed by atoms with Gasteiger partial charge in [-0.1, -0.05) is 55.5 Å². The maximum atomic E-state index is 12.6. The predicted molar refractivity (Wildman–Crippen MR) is 126 cm³/mol. The summed E-state index contributed by atoms with van der Waals surface area (Å²) in [5.74, 6) is -2.09. The second kappa shape index (κ2) is 9.38. The van der Waals surface area contributed by atoms with Crippen LogP contribution < -0.4 is 10.6 Å². The van der Waals surface area contributed by atoms with Gasteiger partial charge in [-0.2, -0.15) is 5.10 Å². The summed E-state index contributed by atoms with van der Waals surface area (Å²) in [7, 11) is 1.48. The number of fused-ring (bicyclic) bond motifs is 3. The zero-order valence-corrected chi connectivity index (χ0v) is 19.1. The lowest BCUT2D eigenvalue weighted by Crippen LogP contribution is -2.42. The molecule has 1 aliphatic rings. The number of carboxylic acids is 1. The van der Waals surface area contributed by atoms with Gasteiger partial charge in [0.15, 0.2) is 5.82 Å². The fourth-order valence-corrected chi connectivity index (χ4v) is 4.15. The van der Waals surface area contributed by atoms with Crippen LogP contribution in [0.25, 0.3) is 11.1 Å². The van der Waals surface area contributed by atoms with E-state index in [0.29, 0.717) is 0 Å². The maximum absolute atomic E-state index is 12.6. The number of carboxylic acid groups (broad SMARTS) is 1. The summed E-state index contributed by atoms with van der Waals surface area (Å²) in [6.07, 6.45) is -0.611. The third-order valence-corrected chi connectivity index (χ3v) is 6.20. The molecule has 0 saturated heterocycles. The molecule has 9 heteroatoms. The first-order valence-electron chi connectivity index (χ1n) is 11.0. The number of anilines is 1. The van der Waals surface area contributed by atoms with E-state index in [-0.39, 0.29) is 24.0 Å². The Morgan fingerprint density at radius 2 is 1.65 bits per heavy atom. The average molecular weight is 463 g/mol. The fourth-order valence-electron chi connectivity index (χ4n) is 4.15. The van der Waals surface area contributed by atoms with Gasteiger partial charge in [-0.3, -0.25) is 9.48 Å². The van der Waals surface area contributed by atoms with Gasteiger partial charge in [0.1, 0.15) is 12.3 Å². The number of nitrogens with one attached hydrogen (secondary N) is 2. The minimum Gasteiger partial charge on any atom is -0.477 e. The number of carbonyl (C=O) groups excluding carboxylic acids is 2. The predicted octanol–water partition coefficient (Wildman–Crippen LogP) is 3.62. The fraction of sp³-hybridized carbons (Fsp3) is 0.280. The second-order valence-corrected chi connectivity index (χ2v) is 8.38. The SMILES string of the molecule is CC(NC(=O)OCC1c2ccccc2-c2ccccc21)C(C)C(=O)Nc1cc(C(=O)O)n(C)n1. The molecule has 3 N–H and O–H groups in total. The van der Waals surface area contributed by atoms with Gasteiger partial charge in [-0.25, -0.2) is 9.59 Å². The number of hydrogen-bond donors (Lipinski definition) is 3. The number of rotatable bonds is 7. The molecule has 4 rings (SSSR count). The minimum absolute atomic E-state index is 0.0484. The monoisotopic (exact) mass is 462 g/mol. The number of aromatic nitrogens is 2. The Morgan fingerprint density at radius 3 is 2.21 bits per heavy atom. The third kappa shape index (κ3) is 4.50. The standard InChI is InChI=1S/C25H26N4O5/c1-14(23(30)27-22-12-21(24(31)32)29(3)28-22)15(2)26-25(33)34-13-20-18-10-6-4-8-16(18)17-9-5-7-11-19(17)20/h4-12,14-15,20H,13H2,1-3H3,(H,26,33)(H,31,32)(H,27,28,30). The lowest BCUT2D eigenvalue weighted by molar-refractivity contribution is -0.120. The van der Waals surface area contributed by atoms with Crippen molar-refractivity contribution in [2.75, 3.05) is 11.9 Å². The van der Waals surface area contributed by atoms with E-state index in [1.54, 1.807) is 13.8 Å². The van der Waals surface area contributed by atoms with Crippen LogP contribution in [0.4, 0.5) is 10.6 Å². The van der Waals surface area contributed by atoms with E-state index in [0.717, 1.165) is 22.3 Å². The van der Waals surface area contributed by atoms with Gasteiger partial charge in [0, 0.05) is 25.1 Å². The van der Waals surface area contributed by atoms with E-state index in [1.807, 2.05) is 36.4 Å². The molecule has 2 atom stereocenters. The molecular formula is C25H26N4O5. The number of hydrogen-bond acceptors (Lipinski definition) is 5. The summed E-state index contributed by atoms with van der Waals surface area (Å²) in [5.41, 5.74) is 4.48. The normalized spacial score (nSPS) is 14.0. The van der Waals surface area contributed by atoms with Gasteiger partial charge in [-0.05, 0) is 29.2 Å². The number of aryl methyl sites for hydroxylation is 1. The Kier molecular flexibility index (Phi) is 6.36. The van der Waals surface area contributed by atoms with Crippen LogP contribution in [0, 0.1) is 5.92 Å². The molecule has 0 saturated carbocycles. The summed E-state index contributed by atoms with van der Waals surface area (Å²) in [5, 5.41) is 18.4. The van der Waals surface area contributed by atoms with Crippen molar-refractivity contribution in [2.45, 2.75) is 25.8 Å². The molecule has 0 aliphatic heterocycles. The molecular weight excluding hydrogens is 436 g/mol. The summed E-state index contributed by atoms with van der Waals surface area (Å²) in [4.78, 5) is 36.2. The summed E-state index contributed by atoms with van der Waals surface area (Å²) >= 11 is 0. The van der Waals surface area contributed by atoms with Crippen LogP contribution in [0.5, 0.6) is 0 Å². The van der Waals surface area contributed by atoms with Crippen molar-refractivity contribution in [2.24, 2.45) is 13.0 Å². The van der Waals surface area contributed by atoms with Crippen molar-refractivity contribution in [3.8, 4) is 11.1 Å². The van der Waals surface area contributed by atoms with Gasteiger partial charge in [0.05, 0.1) is 5.92 Å². The molecule has 176 valence electrons. The van der Waals surface area contributed by atoms with Gasteiger partial charge in [0.25, 0.3) is 0 Å². The highest BCUT2D eigenvalue weighted by Gasteiger charge is 2.30. The van der Waals surface area contributed by atoms with Crippen molar-refractivity contribution < 1.29 is 24.2 Å². The average Bonchev–Trinajstić information content (AvgIpc) is 3.34. The van der Waals surface area contributed by atoms with E-state index in [9.17, 15) is 14.4 Å². The first-order chi connectivity index (χ1) is 16.3. The zero-order chi connectivity index (χ0) is 24.4. The number of benzene rings is 2. The lowest BCUT2D eigenvalue weighted by Gasteiger charge is -2.21. The molecule has 1 aliphatic carbocycles. The molecule has 34 heavy (non-hydrogen) atoms. The summed E-state index contributed by atoms with van der Waals surface area (Å²) < 4.78 is 6.71. The maximum Gasteiger partial charge on any atom is 0.407 e. The molecule has 2 unspecified atom stereocenters. The number of aromatic carboxylic acids is 1. The highest BCUT2D eigenvalue weighted by Crippen LogP contribution is 2.44. The Hall–Kier alpha value is -4.14. The van der Waals surface area contributed by atoms with Gasteiger partial charge < -0.3 is 20.5 Å². The molecule has 1 aromatic heterocycles. The number of carbonyl (C=O) groups is 3. The molecule has 0 fully saturated rings. The van der Waals surface area contributed by atoms with E-state index >= 15 is 0 Å². The summed E-state index contributed by atoms with van der Waals surface area (Å²) in [6.45, 7) is 3.54. The summed E-state index contributed by atoms with van der Waals surface area (Å²) in [6, 6.07) is 16.9. The Balaban J connectivity index is 1.34. The zero-order valence-electron chi connectivity index (χ0n) is 19.1. The molecule has 0 spiro atoms. The second-order valence-electron chi connectivity index (χ2n) is 8.38. The number of alkyl carbamates (subject to hydrolysis) is 1. The molecule has 9 nitrogen and oxygen atoms in total. The molecule has 3 aromatic rings. The van der Waals surface area contributed by atoms with Gasteiger partial charge in [0.2, 0.25) is 5.91 Å². The molecule has 2 amide bonds. The van der Waals surface area contributed by atoms with Crippen LogP contribution >= 0.6 is 0 Å². The van der Waals surface area contributed by atoms with Crippen molar-refractivity contribution in [3.05, 3.63) is 71.4 Å². The van der Waals surface area contributed by atoms with Crippen LogP contribution in [-0.2, 0) is 16.6 Å². The van der Waals surface area contributed by atoms with Crippen LogP contribution in [0.2, 0.25) is 0 Å². The minimum atomic E-state index is -1.14. The largest absolute Gasteiger partial charge is 0.477 e. The van der Waals surface area contributed by atoms with E-state index in [1.165, 1.54) is 17.8 Å². The van der Waals surface area contributed by atoms with E-state index in [4.69, 9.17) is 9.84 Å². The molecule has 0 radical (unpaired) electrons. The van der Waals surface area contributed by atoms with E-state index < -0.39 is 29.9 Å². The lowest BCUT2D eigenvalue weighted by atomic mass is 9.98. The van der Waals surface area contributed by atoms with Crippen molar-refractivity contribution >= 4 is 23.8 Å². The first kappa shape index (κ1) is 23.0. The Labute approximate surface area is 196 Å². The number of amides is 2. The van der Waals surface area contributed by atoms with Crippen molar-refractivity contribution in [1.82, 2.24) is 15.1 Å².